The monoisotopic (exact) mass is 277 g/mol. The molecule has 2 fully saturated rings. The Kier molecular flexibility index (Phi) is 3.43. The van der Waals surface area contributed by atoms with Crippen LogP contribution in [-0.4, -0.2) is 46.7 Å². The normalized spacial score (nSPS) is 23.4. The quantitative estimate of drug-likeness (QED) is 0.798. The molecule has 0 bridgehead atoms. The predicted molar refractivity (Wildman–Crippen MR) is 75.5 cm³/mol. The largest absolute Gasteiger partial charge is 0.391 e. The molecular formula is C13H19N5O2. The Balaban J connectivity index is 1.88. The number of piperidine rings is 1. The van der Waals surface area contributed by atoms with Crippen LogP contribution in [0.5, 0.6) is 0 Å². The van der Waals surface area contributed by atoms with Gasteiger partial charge in [0.15, 0.2) is 0 Å². The SMILES string of the molecule is Nc1cc(N2CCCCC2)nc(N2CC(O)CC2=O)n1. The number of aliphatic hydroxyl groups excluding tert-OH is 1. The molecule has 7 nitrogen and oxygen atoms in total. The molecule has 1 atom stereocenters. The second kappa shape index (κ2) is 5.24. The molecule has 2 aliphatic heterocycles. The maximum absolute atomic E-state index is 11.8. The zero-order valence-corrected chi connectivity index (χ0v) is 11.3. The topological polar surface area (TPSA) is 95.6 Å². The van der Waals surface area contributed by atoms with E-state index in [-0.39, 0.29) is 18.9 Å². The fourth-order valence-corrected chi connectivity index (χ4v) is 2.73. The summed E-state index contributed by atoms with van der Waals surface area (Å²) in [6, 6.07) is 1.74. The number of aliphatic hydroxyl groups is 1. The average Bonchev–Trinajstić information content (AvgIpc) is 2.78. The van der Waals surface area contributed by atoms with E-state index >= 15 is 0 Å². The smallest absolute Gasteiger partial charge is 0.236 e. The minimum absolute atomic E-state index is 0.122. The minimum Gasteiger partial charge on any atom is -0.391 e. The first-order valence-corrected chi connectivity index (χ1v) is 7.01. The van der Waals surface area contributed by atoms with E-state index in [0.29, 0.717) is 11.8 Å². The summed E-state index contributed by atoms with van der Waals surface area (Å²) in [5.74, 6) is 1.26. The first-order valence-electron chi connectivity index (χ1n) is 7.01. The highest BCUT2D eigenvalue weighted by Crippen LogP contribution is 2.24. The molecule has 1 aromatic heterocycles. The van der Waals surface area contributed by atoms with Gasteiger partial charge in [-0.3, -0.25) is 9.69 Å². The third kappa shape index (κ3) is 2.53. The summed E-state index contributed by atoms with van der Waals surface area (Å²) in [6.45, 7) is 2.14. The number of carbonyl (C=O) groups excluding carboxylic acids is 1. The van der Waals surface area contributed by atoms with Gasteiger partial charge in [-0.25, -0.2) is 0 Å². The summed E-state index contributed by atoms with van der Waals surface area (Å²) in [4.78, 5) is 24.0. The molecule has 3 heterocycles. The van der Waals surface area contributed by atoms with Crippen molar-refractivity contribution in [3.8, 4) is 0 Å². The molecule has 0 aromatic carbocycles. The molecule has 2 saturated heterocycles. The summed E-state index contributed by atoms with van der Waals surface area (Å²) in [6.07, 6.45) is 2.99. The van der Waals surface area contributed by atoms with Crippen LogP contribution in [0.2, 0.25) is 0 Å². The summed E-state index contributed by atoms with van der Waals surface area (Å²) in [7, 11) is 0. The molecule has 108 valence electrons. The first-order chi connectivity index (χ1) is 9.63. The molecule has 0 saturated carbocycles. The summed E-state index contributed by atoms with van der Waals surface area (Å²) < 4.78 is 0. The number of nitrogens with two attached hydrogens (primary N) is 1. The Morgan fingerprint density at radius 1 is 1.25 bits per heavy atom. The van der Waals surface area contributed by atoms with Crippen LogP contribution in [0.4, 0.5) is 17.6 Å². The van der Waals surface area contributed by atoms with Gasteiger partial charge in [-0.05, 0) is 19.3 Å². The molecule has 0 spiro atoms. The highest BCUT2D eigenvalue weighted by Gasteiger charge is 2.31. The Hall–Kier alpha value is -1.89. The van der Waals surface area contributed by atoms with Gasteiger partial charge in [0.25, 0.3) is 0 Å². The molecule has 1 unspecified atom stereocenters. The van der Waals surface area contributed by atoms with Crippen molar-refractivity contribution in [1.82, 2.24) is 9.97 Å². The van der Waals surface area contributed by atoms with Gasteiger partial charge in [0, 0.05) is 19.2 Å². The molecule has 1 amide bonds. The minimum atomic E-state index is -0.647. The average molecular weight is 277 g/mol. The lowest BCUT2D eigenvalue weighted by Crippen LogP contribution is -2.32. The third-order valence-electron chi connectivity index (χ3n) is 3.75. The summed E-state index contributed by atoms with van der Waals surface area (Å²) in [5, 5.41) is 9.56. The lowest BCUT2D eigenvalue weighted by Gasteiger charge is -2.28. The number of nitrogen functional groups attached to an aromatic ring is 1. The second-order valence-electron chi connectivity index (χ2n) is 5.36. The number of aromatic nitrogens is 2. The zero-order chi connectivity index (χ0) is 14.1. The molecule has 3 rings (SSSR count). The van der Waals surface area contributed by atoms with E-state index in [2.05, 4.69) is 14.9 Å². The van der Waals surface area contributed by atoms with Crippen LogP contribution in [0.25, 0.3) is 0 Å². The Labute approximate surface area is 117 Å². The van der Waals surface area contributed by atoms with Crippen molar-refractivity contribution in [3.63, 3.8) is 0 Å². The van der Waals surface area contributed by atoms with E-state index < -0.39 is 6.10 Å². The molecule has 1 aromatic rings. The summed E-state index contributed by atoms with van der Waals surface area (Å²) in [5.41, 5.74) is 5.84. The van der Waals surface area contributed by atoms with Crippen LogP contribution in [0.1, 0.15) is 25.7 Å². The molecule has 3 N–H and O–H groups in total. The van der Waals surface area contributed by atoms with Gasteiger partial charge in [-0.1, -0.05) is 0 Å². The number of carbonyl (C=O) groups is 1. The molecule has 20 heavy (non-hydrogen) atoms. The van der Waals surface area contributed by atoms with E-state index in [9.17, 15) is 9.90 Å². The molecule has 2 aliphatic rings. The number of hydrogen-bond acceptors (Lipinski definition) is 6. The summed E-state index contributed by atoms with van der Waals surface area (Å²) >= 11 is 0. The van der Waals surface area contributed by atoms with Crippen molar-refractivity contribution < 1.29 is 9.90 Å². The standard InChI is InChI=1S/C13H19N5O2/c14-10-7-11(17-4-2-1-3-5-17)16-13(15-10)18-8-9(19)6-12(18)20/h7,9,19H,1-6,8H2,(H2,14,15,16). The molecule has 0 aliphatic carbocycles. The van der Waals surface area contributed by atoms with E-state index in [4.69, 9.17) is 5.73 Å². The fourth-order valence-electron chi connectivity index (χ4n) is 2.73. The van der Waals surface area contributed by atoms with Crippen molar-refractivity contribution in [2.24, 2.45) is 0 Å². The number of nitrogens with zero attached hydrogens (tertiary/aromatic N) is 4. The van der Waals surface area contributed by atoms with Gasteiger partial charge in [-0.15, -0.1) is 0 Å². The van der Waals surface area contributed by atoms with Gasteiger partial charge in [0.1, 0.15) is 11.6 Å². The number of hydrogen-bond donors (Lipinski definition) is 2. The Morgan fingerprint density at radius 2 is 2.00 bits per heavy atom. The van der Waals surface area contributed by atoms with E-state index in [1.54, 1.807) is 6.07 Å². The number of amides is 1. The van der Waals surface area contributed by atoms with E-state index in [1.165, 1.54) is 11.3 Å². The van der Waals surface area contributed by atoms with Gasteiger partial charge in [0.05, 0.1) is 19.1 Å². The zero-order valence-electron chi connectivity index (χ0n) is 11.3. The van der Waals surface area contributed by atoms with Gasteiger partial charge in [0.2, 0.25) is 11.9 Å². The Morgan fingerprint density at radius 3 is 2.65 bits per heavy atom. The van der Waals surface area contributed by atoms with Crippen molar-refractivity contribution in [2.75, 3.05) is 35.2 Å². The van der Waals surface area contributed by atoms with Crippen molar-refractivity contribution in [2.45, 2.75) is 31.8 Å². The van der Waals surface area contributed by atoms with Crippen molar-refractivity contribution in [1.29, 1.82) is 0 Å². The van der Waals surface area contributed by atoms with Crippen molar-refractivity contribution in [3.05, 3.63) is 6.07 Å². The van der Waals surface area contributed by atoms with Gasteiger partial charge in [-0.2, -0.15) is 9.97 Å². The van der Waals surface area contributed by atoms with Crippen molar-refractivity contribution >= 4 is 23.5 Å². The number of rotatable bonds is 2. The lowest BCUT2D eigenvalue weighted by molar-refractivity contribution is -0.117. The van der Waals surface area contributed by atoms with Crippen LogP contribution >= 0.6 is 0 Å². The van der Waals surface area contributed by atoms with Crippen LogP contribution in [0, 0.1) is 0 Å². The van der Waals surface area contributed by atoms with Gasteiger partial charge < -0.3 is 15.7 Å². The predicted octanol–water partition coefficient (Wildman–Crippen LogP) is 0.147. The Bertz CT molecular complexity index is 515. The highest BCUT2D eigenvalue weighted by atomic mass is 16.3. The first kappa shape index (κ1) is 13.1. The van der Waals surface area contributed by atoms with Gasteiger partial charge >= 0.3 is 0 Å². The molecular weight excluding hydrogens is 258 g/mol. The van der Waals surface area contributed by atoms with Crippen LogP contribution in [0.3, 0.4) is 0 Å². The second-order valence-corrected chi connectivity index (χ2v) is 5.36. The van der Waals surface area contributed by atoms with Crippen LogP contribution in [-0.2, 0) is 4.79 Å². The highest BCUT2D eigenvalue weighted by molar-refractivity contribution is 5.94. The van der Waals surface area contributed by atoms with Crippen LogP contribution < -0.4 is 15.5 Å². The molecule has 0 radical (unpaired) electrons. The fraction of sp³-hybridized carbons (Fsp3) is 0.615. The third-order valence-corrected chi connectivity index (χ3v) is 3.75. The number of β-amino-alcohol motifs (C(OH)–C–C–N with tert-alkyl or cyclic N) is 1. The lowest BCUT2D eigenvalue weighted by atomic mass is 10.1. The van der Waals surface area contributed by atoms with Crippen LogP contribution in [0.15, 0.2) is 6.07 Å². The maximum atomic E-state index is 11.8. The maximum Gasteiger partial charge on any atom is 0.236 e. The number of anilines is 3. The molecule has 7 heteroatoms. The van der Waals surface area contributed by atoms with E-state index in [0.717, 1.165) is 31.7 Å². The van der Waals surface area contributed by atoms with E-state index in [1.807, 2.05) is 0 Å².